The molecule has 1 N–H and O–H groups in total. The van der Waals surface area contributed by atoms with Crippen molar-refractivity contribution in [3.63, 3.8) is 0 Å². The van der Waals surface area contributed by atoms with Crippen molar-refractivity contribution in [2.24, 2.45) is 0 Å². The van der Waals surface area contributed by atoms with Crippen LogP contribution in [0.5, 0.6) is 0 Å². The van der Waals surface area contributed by atoms with E-state index >= 15 is 0 Å². The Kier molecular flexibility index (Phi) is 4.65. The van der Waals surface area contributed by atoms with E-state index in [4.69, 9.17) is 0 Å². The molecule has 1 unspecified atom stereocenters. The van der Waals surface area contributed by atoms with Gasteiger partial charge < -0.3 is 5.32 Å². The summed E-state index contributed by atoms with van der Waals surface area (Å²) in [4.78, 5) is 1.16. The van der Waals surface area contributed by atoms with Gasteiger partial charge in [0.15, 0.2) is 5.82 Å². The first-order valence-electron chi connectivity index (χ1n) is 6.38. The number of benzene rings is 2. The first-order chi connectivity index (χ1) is 9.52. The lowest BCUT2D eigenvalue weighted by Crippen LogP contribution is -2.10. The van der Waals surface area contributed by atoms with Crippen molar-refractivity contribution in [2.45, 2.75) is 24.8 Å². The Morgan fingerprint density at radius 1 is 1.05 bits per heavy atom. The highest BCUT2D eigenvalue weighted by atomic mass is 32.2. The molecule has 20 heavy (non-hydrogen) atoms. The molecule has 2 aromatic rings. The first-order valence-corrected chi connectivity index (χ1v) is 7.60. The standard InChI is InChI=1S/C16H17F2NS/c1-10-4-9-14(17)16(15(10)18)19-11(2)12-5-7-13(20-3)8-6-12/h4-9,11,19H,1-3H3. The first kappa shape index (κ1) is 14.9. The molecule has 0 aliphatic carbocycles. The predicted octanol–water partition coefficient (Wildman–Crippen LogP) is 5.17. The topological polar surface area (TPSA) is 12.0 Å². The van der Waals surface area contributed by atoms with Crippen molar-refractivity contribution in [2.75, 3.05) is 11.6 Å². The van der Waals surface area contributed by atoms with E-state index in [1.807, 2.05) is 37.4 Å². The van der Waals surface area contributed by atoms with Crippen molar-refractivity contribution < 1.29 is 8.78 Å². The average Bonchev–Trinajstić information content (AvgIpc) is 2.47. The number of halogens is 2. The minimum Gasteiger partial charge on any atom is -0.374 e. The monoisotopic (exact) mass is 293 g/mol. The van der Waals surface area contributed by atoms with Crippen LogP contribution in [-0.2, 0) is 0 Å². The Hall–Kier alpha value is -1.55. The Labute approximate surface area is 122 Å². The molecule has 0 saturated carbocycles. The molecule has 0 aliphatic heterocycles. The summed E-state index contributed by atoms with van der Waals surface area (Å²) in [5.74, 6) is -1.10. The second kappa shape index (κ2) is 6.27. The van der Waals surface area contributed by atoms with E-state index in [0.717, 1.165) is 10.5 Å². The second-order valence-electron chi connectivity index (χ2n) is 4.69. The zero-order valence-electron chi connectivity index (χ0n) is 11.7. The van der Waals surface area contributed by atoms with Gasteiger partial charge in [-0.1, -0.05) is 18.2 Å². The molecule has 4 heteroatoms. The summed E-state index contributed by atoms with van der Waals surface area (Å²) in [5.41, 5.74) is 1.35. The summed E-state index contributed by atoms with van der Waals surface area (Å²) in [6, 6.07) is 10.5. The number of aryl methyl sites for hydroxylation is 1. The number of nitrogens with one attached hydrogen (secondary N) is 1. The van der Waals surface area contributed by atoms with Crippen LogP contribution in [0.25, 0.3) is 0 Å². The molecule has 1 nitrogen and oxygen atoms in total. The molecule has 0 radical (unpaired) electrons. The number of hydrogen-bond acceptors (Lipinski definition) is 2. The van der Waals surface area contributed by atoms with Crippen LogP contribution in [0, 0.1) is 18.6 Å². The smallest absolute Gasteiger partial charge is 0.152 e. The molecule has 0 saturated heterocycles. The third-order valence-corrected chi connectivity index (χ3v) is 4.00. The zero-order chi connectivity index (χ0) is 14.7. The quantitative estimate of drug-likeness (QED) is 0.781. The predicted molar refractivity (Wildman–Crippen MR) is 81.4 cm³/mol. The van der Waals surface area contributed by atoms with E-state index < -0.39 is 11.6 Å². The average molecular weight is 293 g/mol. The largest absolute Gasteiger partial charge is 0.374 e. The fraction of sp³-hybridized carbons (Fsp3) is 0.250. The summed E-state index contributed by atoms with van der Waals surface area (Å²) < 4.78 is 27.7. The van der Waals surface area contributed by atoms with Gasteiger partial charge in [0.2, 0.25) is 0 Å². The van der Waals surface area contributed by atoms with Crippen LogP contribution in [0.4, 0.5) is 14.5 Å². The minimum absolute atomic E-state index is 0.0635. The molecule has 0 spiro atoms. The maximum atomic E-state index is 14.0. The Bertz CT molecular complexity index is 596. The fourth-order valence-corrected chi connectivity index (χ4v) is 2.39. The van der Waals surface area contributed by atoms with E-state index in [-0.39, 0.29) is 11.7 Å². The Balaban J connectivity index is 2.23. The van der Waals surface area contributed by atoms with Crippen molar-refractivity contribution in [1.29, 1.82) is 0 Å². The normalized spacial score (nSPS) is 12.2. The van der Waals surface area contributed by atoms with Gasteiger partial charge in [-0.25, -0.2) is 8.78 Å². The van der Waals surface area contributed by atoms with Gasteiger partial charge in [-0.3, -0.25) is 0 Å². The summed E-state index contributed by atoms with van der Waals surface area (Å²) in [6.45, 7) is 3.51. The van der Waals surface area contributed by atoms with Crippen LogP contribution in [0.15, 0.2) is 41.3 Å². The SMILES string of the molecule is CSc1ccc(C(C)Nc2c(F)ccc(C)c2F)cc1. The highest BCUT2D eigenvalue weighted by Gasteiger charge is 2.14. The van der Waals surface area contributed by atoms with Crippen LogP contribution in [0.3, 0.4) is 0 Å². The third kappa shape index (κ3) is 3.12. The van der Waals surface area contributed by atoms with Crippen molar-refractivity contribution in [3.8, 4) is 0 Å². The lowest BCUT2D eigenvalue weighted by molar-refractivity contribution is 0.579. The molecule has 1 atom stereocenters. The summed E-state index contributed by atoms with van der Waals surface area (Å²) in [5, 5.41) is 2.92. The van der Waals surface area contributed by atoms with E-state index in [0.29, 0.717) is 5.56 Å². The van der Waals surface area contributed by atoms with E-state index in [1.165, 1.54) is 12.1 Å². The van der Waals surface area contributed by atoms with E-state index in [2.05, 4.69) is 5.32 Å². The van der Waals surface area contributed by atoms with Gasteiger partial charge in [0.25, 0.3) is 0 Å². The maximum Gasteiger partial charge on any atom is 0.152 e. The molecule has 0 aliphatic rings. The fourth-order valence-electron chi connectivity index (χ4n) is 1.98. The molecule has 0 aromatic heterocycles. The highest BCUT2D eigenvalue weighted by Crippen LogP contribution is 2.27. The van der Waals surface area contributed by atoms with E-state index in [1.54, 1.807) is 18.7 Å². The number of anilines is 1. The van der Waals surface area contributed by atoms with Crippen LogP contribution in [-0.4, -0.2) is 6.26 Å². The van der Waals surface area contributed by atoms with E-state index in [9.17, 15) is 8.78 Å². The summed E-state index contributed by atoms with van der Waals surface area (Å²) in [6.07, 6.45) is 2.01. The van der Waals surface area contributed by atoms with Gasteiger partial charge in [-0.2, -0.15) is 0 Å². The van der Waals surface area contributed by atoms with Crippen LogP contribution < -0.4 is 5.32 Å². The van der Waals surface area contributed by atoms with Gasteiger partial charge in [0.1, 0.15) is 11.5 Å². The zero-order valence-corrected chi connectivity index (χ0v) is 12.5. The molecule has 0 bridgehead atoms. The number of thioether (sulfide) groups is 1. The van der Waals surface area contributed by atoms with Gasteiger partial charge in [0, 0.05) is 10.9 Å². The number of hydrogen-bond donors (Lipinski definition) is 1. The maximum absolute atomic E-state index is 14.0. The molecule has 2 aromatic carbocycles. The van der Waals surface area contributed by atoms with Crippen LogP contribution in [0.1, 0.15) is 24.1 Å². The molecule has 0 amide bonds. The molecule has 106 valence electrons. The van der Waals surface area contributed by atoms with Gasteiger partial charge in [0.05, 0.1) is 0 Å². The Morgan fingerprint density at radius 2 is 1.70 bits per heavy atom. The highest BCUT2D eigenvalue weighted by molar-refractivity contribution is 7.98. The van der Waals surface area contributed by atoms with Gasteiger partial charge in [-0.15, -0.1) is 11.8 Å². The second-order valence-corrected chi connectivity index (χ2v) is 5.57. The summed E-state index contributed by atoms with van der Waals surface area (Å²) >= 11 is 1.66. The van der Waals surface area contributed by atoms with Crippen LogP contribution >= 0.6 is 11.8 Å². The lowest BCUT2D eigenvalue weighted by Gasteiger charge is -2.18. The van der Waals surface area contributed by atoms with Gasteiger partial charge >= 0.3 is 0 Å². The molecule has 0 fully saturated rings. The third-order valence-electron chi connectivity index (χ3n) is 3.26. The Morgan fingerprint density at radius 3 is 2.30 bits per heavy atom. The van der Waals surface area contributed by atoms with Crippen molar-refractivity contribution in [1.82, 2.24) is 0 Å². The summed E-state index contributed by atoms with van der Waals surface area (Å²) in [7, 11) is 0. The number of rotatable bonds is 4. The van der Waals surface area contributed by atoms with Crippen LogP contribution in [0.2, 0.25) is 0 Å². The minimum atomic E-state index is -0.569. The molecule has 2 rings (SSSR count). The molecular weight excluding hydrogens is 276 g/mol. The van der Waals surface area contributed by atoms with Crippen molar-refractivity contribution in [3.05, 3.63) is 59.2 Å². The van der Waals surface area contributed by atoms with Gasteiger partial charge in [-0.05, 0) is 49.4 Å². The molecule has 0 heterocycles. The molecular formula is C16H17F2NS. The lowest BCUT2D eigenvalue weighted by atomic mass is 10.1. The van der Waals surface area contributed by atoms with Crippen molar-refractivity contribution >= 4 is 17.4 Å².